The zero-order valence-corrected chi connectivity index (χ0v) is 26.5. The van der Waals surface area contributed by atoms with E-state index in [2.05, 4.69) is 6.92 Å². The van der Waals surface area contributed by atoms with Crippen LogP contribution in [-0.2, 0) is 14.3 Å². The highest BCUT2D eigenvalue weighted by molar-refractivity contribution is 5.79. The molecule has 0 saturated carbocycles. The molecule has 2 aromatic carbocycles. The molecule has 9 nitrogen and oxygen atoms in total. The highest BCUT2D eigenvalue weighted by atomic mass is 16.6. The average molecular weight is 616 g/mol. The number of carbonyl (C=O) groups excluding carboxylic acids is 1. The number of para-hydroxylation sites is 4. The molecule has 0 saturated heterocycles. The number of benzene rings is 2. The molecule has 0 spiro atoms. The number of hydroxylamine groups is 1. The zero-order chi connectivity index (χ0) is 31.1. The van der Waals surface area contributed by atoms with Crippen molar-refractivity contribution >= 4 is 5.91 Å². The Bertz CT molecular complexity index is 980. The third-order valence-corrected chi connectivity index (χ3v) is 7.60. The van der Waals surface area contributed by atoms with Crippen molar-refractivity contribution in [3.05, 3.63) is 48.5 Å². The van der Waals surface area contributed by atoms with Gasteiger partial charge in [-0.15, -0.1) is 0 Å². The van der Waals surface area contributed by atoms with Crippen LogP contribution in [-0.4, -0.2) is 63.0 Å². The van der Waals surface area contributed by atoms with Gasteiger partial charge < -0.3 is 28.4 Å². The first-order valence-corrected chi connectivity index (χ1v) is 16.6. The molecule has 44 heavy (non-hydrogen) atoms. The molecule has 0 aliphatic carbocycles. The topological polar surface area (TPSA) is 105 Å². The Morgan fingerprint density at radius 1 is 0.705 bits per heavy atom. The van der Waals surface area contributed by atoms with Gasteiger partial charge in [0, 0.05) is 0 Å². The summed E-state index contributed by atoms with van der Waals surface area (Å²) in [5.74, 6) is 1.71. The van der Waals surface area contributed by atoms with Gasteiger partial charge in [0.1, 0.15) is 38.6 Å². The molecule has 3 rings (SSSR count). The van der Waals surface area contributed by atoms with E-state index in [-0.39, 0.29) is 13.2 Å². The molecule has 246 valence electrons. The average Bonchev–Trinajstić information content (AvgIpc) is 3.05. The van der Waals surface area contributed by atoms with Gasteiger partial charge in [-0.3, -0.25) is 10.0 Å². The summed E-state index contributed by atoms with van der Waals surface area (Å²) in [5, 5.41) is 9.46. The van der Waals surface area contributed by atoms with Crippen LogP contribution in [0, 0.1) is 0 Å². The van der Waals surface area contributed by atoms with Crippen molar-refractivity contribution in [2.24, 2.45) is 0 Å². The summed E-state index contributed by atoms with van der Waals surface area (Å²) in [7, 11) is 0. The van der Waals surface area contributed by atoms with Crippen molar-refractivity contribution in [2.75, 3.05) is 39.6 Å². The maximum Gasteiger partial charge on any atom is 0.272 e. The van der Waals surface area contributed by atoms with Gasteiger partial charge in [-0.1, -0.05) is 108 Å². The maximum atomic E-state index is 12.6. The van der Waals surface area contributed by atoms with Gasteiger partial charge in [0.05, 0.1) is 13.2 Å². The third kappa shape index (κ3) is 14.2. The van der Waals surface area contributed by atoms with Crippen LogP contribution in [0.4, 0.5) is 0 Å². The fourth-order valence-electron chi connectivity index (χ4n) is 5.13. The molecule has 0 fully saturated rings. The molecule has 1 aliphatic heterocycles. The molecule has 1 heterocycles. The Labute approximate surface area is 263 Å². The summed E-state index contributed by atoms with van der Waals surface area (Å²) in [6.07, 6.45) is 13.7. The summed E-state index contributed by atoms with van der Waals surface area (Å²) >= 11 is 0. The van der Waals surface area contributed by atoms with E-state index < -0.39 is 18.1 Å². The Morgan fingerprint density at radius 3 is 1.59 bits per heavy atom. The summed E-state index contributed by atoms with van der Waals surface area (Å²) < 4.78 is 35.9. The number of hydrogen-bond acceptors (Lipinski definition) is 8. The second kappa shape index (κ2) is 22.5. The molecule has 1 unspecified atom stereocenters. The van der Waals surface area contributed by atoms with Crippen LogP contribution in [0.25, 0.3) is 0 Å². The summed E-state index contributed by atoms with van der Waals surface area (Å²) in [5.41, 5.74) is 1.78. The first-order chi connectivity index (χ1) is 21.7. The lowest BCUT2D eigenvalue weighted by atomic mass is 10.0. The number of unbranched alkanes of at least 4 members (excludes halogenated alkanes) is 11. The lowest BCUT2D eigenvalue weighted by molar-refractivity contribution is -0.148. The number of hydrogen-bond donors (Lipinski definition) is 2. The van der Waals surface area contributed by atoms with Crippen molar-refractivity contribution in [1.82, 2.24) is 5.48 Å². The number of amides is 1. The molecule has 1 aliphatic rings. The Balaban J connectivity index is 1.55. The summed E-state index contributed by atoms with van der Waals surface area (Å²) in [6.45, 7) is 3.98. The van der Waals surface area contributed by atoms with E-state index in [4.69, 9.17) is 28.4 Å². The monoisotopic (exact) mass is 615 g/mol. The van der Waals surface area contributed by atoms with Crippen molar-refractivity contribution in [1.29, 1.82) is 0 Å². The Morgan fingerprint density at radius 2 is 1.14 bits per heavy atom. The first-order valence-electron chi connectivity index (χ1n) is 16.6. The van der Waals surface area contributed by atoms with Crippen LogP contribution in [0.2, 0.25) is 0 Å². The number of nitrogens with one attached hydrogen (secondary N) is 1. The number of rotatable bonds is 16. The van der Waals surface area contributed by atoms with Crippen LogP contribution in [0.5, 0.6) is 23.0 Å². The number of ether oxygens (including phenoxy) is 6. The van der Waals surface area contributed by atoms with Gasteiger partial charge in [0.2, 0.25) is 0 Å². The molecule has 0 radical (unpaired) electrons. The predicted molar refractivity (Wildman–Crippen MR) is 170 cm³/mol. The second-order valence-corrected chi connectivity index (χ2v) is 11.2. The van der Waals surface area contributed by atoms with Gasteiger partial charge in [0.15, 0.2) is 23.0 Å². The first kappa shape index (κ1) is 35.5. The minimum atomic E-state index is -0.846. The molecule has 2 aromatic rings. The highest BCUT2D eigenvalue weighted by Gasteiger charge is 2.25. The molecule has 0 aromatic heterocycles. The van der Waals surface area contributed by atoms with Crippen LogP contribution < -0.4 is 24.4 Å². The third-order valence-electron chi connectivity index (χ3n) is 7.60. The van der Waals surface area contributed by atoms with Gasteiger partial charge in [-0.25, -0.2) is 5.48 Å². The fraction of sp³-hybridized carbons (Fsp3) is 0.629. The van der Waals surface area contributed by atoms with E-state index in [1.54, 1.807) is 5.48 Å². The summed E-state index contributed by atoms with van der Waals surface area (Å²) in [4.78, 5) is 12.6. The van der Waals surface area contributed by atoms with Gasteiger partial charge in [0.25, 0.3) is 5.91 Å². The minimum absolute atomic E-state index is 0.105. The van der Waals surface area contributed by atoms with Crippen LogP contribution >= 0.6 is 0 Å². The standard InChI is InChI=1S/C35H53NO8/c1-2-3-4-5-6-7-8-9-10-11-12-13-22-34(35(37)36-38)44-29-27-42-32-20-16-14-18-30(32)40-25-23-39-24-26-41-31-19-15-17-21-33(31)43-28-29/h14-21,29,34,38H,2-13,22-28H2,1H3,(H,36,37). The Kier molecular flexibility index (Phi) is 18.1. The van der Waals surface area contributed by atoms with E-state index >= 15 is 0 Å². The fourth-order valence-corrected chi connectivity index (χ4v) is 5.13. The molecule has 0 bridgehead atoms. The largest absolute Gasteiger partial charge is 0.487 e. The zero-order valence-electron chi connectivity index (χ0n) is 26.5. The lowest BCUT2D eigenvalue weighted by Crippen LogP contribution is -2.41. The molecule has 1 amide bonds. The molecular formula is C35H53NO8. The van der Waals surface area contributed by atoms with Crippen molar-refractivity contribution in [2.45, 2.75) is 103 Å². The predicted octanol–water partition coefficient (Wildman–Crippen LogP) is 7.28. The van der Waals surface area contributed by atoms with Crippen LogP contribution in [0.3, 0.4) is 0 Å². The minimum Gasteiger partial charge on any atom is -0.487 e. The SMILES string of the molecule is CCCCCCCCCCCCCCC(OC1COc2ccccc2OCCOCCOc2ccccc2OC1)C(=O)NO. The molecule has 1 atom stereocenters. The molecule has 2 N–H and O–H groups in total. The lowest BCUT2D eigenvalue weighted by Gasteiger charge is -2.25. The van der Waals surface area contributed by atoms with Crippen molar-refractivity contribution < 1.29 is 38.4 Å². The maximum absolute atomic E-state index is 12.6. The number of fused-ring (bicyclic) bond motifs is 2. The van der Waals surface area contributed by atoms with Gasteiger partial charge in [-0.05, 0) is 30.7 Å². The second-order valence-electron chi connectivity index (χ2n) is 11.2. The van der Waals surface area contributed by atoms with Crippen molar-refractivity contribution in [3.8, 4) is 23.0 Å². The quantitative estimate of drug-likeness (QED) is 0.115. The van der Waals surface area contributed by atoms with E-state index in [1.807, 2.05) is 48.5 Å². The smallest absolute Gasteiger partial charge is 0.272 e. The Hall–Kier alpha value is -3.01. The van der Waals surface area contributed by atoms with E-state index in [0.717, 1.165) is 19.3 Å². The van der Waals surface area contributed by atoms with Crippen LogP contribution in [0.1, 0.15) is 90.4 Å². The van der Waals surface area contributed by atoms with Crippen LogP contribution in [0.15, 0.2) is 48.5 Å². The van der Waals surface area contributed by atoms with Crippen molar-refractivity contribution in [3.63, 3.8) is 0 Å². The van der Waals surface area contributed by atoms with Gasteiger partial charge in [-0.2, -0.15) is 0 Å². The van der Waals surface area contributed by atoms with Gasteiger partial charge >= 0.3 is 0 Å². The normalized spacial score (nSPS) is 15.4. The molecular weight excluding hydrogens is 562 g/mol. The van der Waals surface area contributed by atoms with E-state index in [1.165, 1.54) is 57.8 Å². The van der Waals surface area contributed by atoms with E-state index in [0.29, 0.717) is 55.8 Å². The number of carbonyl (C=O) groups is 1. The van der Waals surface area contributed by atoms with E-state index in [9.17, 15) is 10.0 Å². The summed E-state index contributed by atoms with van der Waals surface area (Å²) in [6, 6.07) is 14.8. The highest BCUT2D eigenvalue weighted by Crippen LogP contribution is 2.29. The molecule has 9 heteroatoms.